The minimum absolute atomic E-state index is 0.0292. The van der Waals surface area contributed by atoms with Gasteiger partial charge in [0.25, 0.3) is 0 Å². The Bertz CT molecular complexity index is 789. The second kappa shape index (κ2) is 5.31. The molecular formula is C15H15N3O4S. The van der Waals surface area contributed by atoms with Crippen LogP contribution in [0.5, 0.6) is 17.2 Å². The number of aromatic nitrogens is 1. The van der Waals surface area contributed by atoms with E-state index in [-0.39, 0.29) is 18.6 Å². The van der Waals surface area contributed by atoms with Gasteiger partial charge in [0, 0.05) is 28.8 Å². The molecule has 8 heteroatoms. The SMILES string of the molecule is COc1cc2c(cc1[C@H]1CC(=O)NCc3nc(N)sc31)OCO2. The largest absolute Gasteiger partial charge is 0.496 e. The summed E-state index contributed by atoms with van der Waals surface area (Å²) in [7, 11) is 1.60. The van der Waals surface area contributed by atoms with E-state index in [1.807, 2.05) is 6.07 Å². The van der Waals surface area contributed by atoms with Crippen LogP contribution in [-0.2, 0) is 11.3 Å². The predicted octanol–water partition coefficient (Wildman–Crippen LogP) is 1.61. The topological polar surface area (TPSA) is 95.7 Å². The second-order valence-corrected chi connectivity index (χ2v) is 6.41. The highest BCUT2D eigenvalue weighted by Crippen LogP contribution is 2.46. The van der Waals surface area contributed by atoms with E-state index in [0.717, 1.165) is 16.1 Å². The van der Waals surface area contributed by atoms with Crippen molar-refractivity contribution < 1.29 is 19.0 Å². The number of benzene rings is 1. The molecule has 2 aliphatic heterocycles. The number of nitrogens with two attached hydrogens (primary N) is 1. The zero-order chi connectivity index (χ0) is 16.0. The fraction of sp³-hybridized carbons (Fsp3) is 0.333. The fourth-order valence-electron chi connectivity index (χ4n) is 2.95. The Hall–Kier alpha value is -2.48. The average molecular weight is 333 g/mol. The van der Waals surface area contributed by atoms with Gasteiger partial charge in [0.15, 0.2) is 16.6 Å². The number of nitrogens with one attached hydrogen (secondary N) is 1. The molecule has 0 fully saturated rings. The molecule has 0 spiro atoms. The maximum absolute atomic E-state index is 12.1. The third-order valence-electron chi connectivity index (χ3n) is 4.00. The van der Waals surface area contributed by atoms with Crippen LogP contribution in [-0.4, -0.2) is 24.8 Å². The van der Waals surface area contributed by atoms with E-state index in [1.165, 1.54) is 11.3 Å². The molecule has 0 bridgehead atoms. The Morgan fingerprint density at radius 2 is 2.17 bits per heavy atom. The third kappa shape index (κ3) is 2.35. The number of methoxy groups -OCH3 is 1. The smallest absolute Gasteiger partial charge is 0.231 e. The Kier molecular flexibility index (Phi) is 3.26. The summed E-state index contributed by atoms with van der Waals surface area (Å²) < 4.78 is 16.4. The molecule has 1 aromatic heterocycles. The molecule has 0 unspecified atom stereocenters. The van der Waals surface area contributed by atoms with Crippen molar-refractivity contribution in [2.75, 3.05) is 19.6 Å². The summed E-state index contributed by atoms with van der Waals surface area (Å²) in [5, 5.41) is 3.35. The maximum Gasteiger partial charge on any atom is 0.231 e. The molecule has 3 N–H and O–H groups in total. The molecule has 4 rings (SSSR count). The van der Waals surface area contributed by atoms with E-state index >= 15 is 0 Å². The molecule has 0 saturated carbocycles. The van der Waals surface area contributed by atoms with Gasteiger partial charge in [-0.3, -0.25) is 4.79 Å². The number of anilines is 1. The van der Waals surface area contributed by atoms with Gasteiger partial charge in [-0.2, -0.15) is 0 Å². The Morgan fingerprint density at radius 1 is 1.39 bits per heavy atom. The highest BCUT2D eigenvalue weighted by molar-refractivity contribution is 7.15. The van der Waals surface area contributed by atoms with Crippen molar-refractivity contribution in [1.82, 2.24) is 10.3 Å². The number of hydrogen-bond acceptors (Lipinski definition) is 7. The summed E-state index contributed by atoms with van der Waals surface area (Å²) in [6.45, 7) is 0.580. The van der Waals surface area contributed by atoms with Crippen LogP contribution in [0.25, 0.3) is 0 Å². The first-order valence-electron chi connectivity index (χ1n) is 7.15. The average Bonchev–Trinajstić information content (AvgIpc) is 3.11. The third-order valence-corrected chi connectivity index (χ3v) is 5.04. The summed E-state index contributed by atoms with van der Waals surface area (Å²) in [5.74, 6) is 1.76. The van der Waals surface area contributed by atoms with Crippen molar-refractivity contribution in [2.24, 2.45) is 0 Å². The van der Waals surface area contributed by atoms with Gasteiger partial charge in [-0.25, -0.2) is 4.98 Å². The van der Waals surface area contributed by atoms with E-state index < -0.39 is 0 Å². The number of fused-ring (bicyclic) bond motifs is 2. The quantitative estimate of drug-likeness (QED) is 0.867. The van der Waals surface area contributed by atoms with E-state index in [4.69, 9.17) is 19.9 Å². The number of nitrogen functional groups attached to an aromatic ring is 1. The van der Waals surface area contributed by atoms with Gasteiger partial charge in [0.1, 0.15) is 5.75 Å². The zero-order valence-electron chi connectivity index (χ0n) is 12.4. The molecule has 0 saturated heterocycles. The molecule has 0 radical (unpaired) electrons. The molecule has 1 amide bonds. The molecular weight excluding hydrogens is 318 g/mol. The minimum atomic E-state index is -0.174. The number of ether oxygens (including phenoxy) is 3. The van der Waals surface area contributed by atoms with E-state index in [1.54, 1.807) is 13.2 Å². The van der Waals surface area contributed by atoms with Crippen LogP contribution < -0.4 is 25.3 Å². The van der Waals surface area contributed by atoms with E-state index in [2.05, 4.69) is 10.3 Å². The number of rotatable bonds is 2. The number of hydrogen-bond donors (Lipinski definition) is 2. The zero-order valence-corrected chi connectivity index (χ0v) is 13.2. The number of nitrogens with zero attached hydrogens (tertiary/aromatic N) is 1. The summed E-state index contributed by atoms with van der Waals surface area (Å²) in [5.41, 5.74) is 7.55. The lowest BCUT2D eigenvalue weighted by molar-refractivity contribution is -0.121. The lowest BCUT2D eigenvalue weighted by atomic mass is 9.92. The molecule has 1 atom stereocenters. The Labute approximate surface area is 136 Å². The van der Waals surface area contributed by atoms with Gasteiger partial charge in [-0.05, 0) is 6.07 Å². The monoisotopic (exact) mass is 333 g/mol. The molecule has 23 heavy (non-hydrogen) atoms. The number of thiazole rings is 1. The Morgan fingerprint density at radius 3 is 2.96 bits per heavy atom. The summed E-state index contributed by atoms with van der Waals surface area (Å²) in [4.78, 5) is 17.4. The van der Waals surface area contributed by atoms with E-state index in [0.29, 0.717) is 35.3 Å². The highest BCUT2D eigenvalue weighted by atomic mass is 32.1. The fourth-order valence-corrected chi connectivity index (χ4v) is 3.92. The van der Waals surface area contributed by atoms with Gasteiger partial charge < -0.3 is 25.3 Å². The van der Waals surface area contributed by atoms with Gasteiger partial charge in [0.2, 0.25) is 12.7 Å². The van der Waals surface area contributed by atoms with Crippen molar-refractivity contribution in [1.29, 1.82) is 0 Å². The van der Waals surface area contributed by atoms with Crippen molar-refractivity contribution in [2.45, 2.75) is 18.9 Å². The first kappa shape index (κ1) is 14.1. The number of amides is 1. The van der Waals surface area contributed by atoms with Crippen LogP contribution in [0.15, 0.2) is 12.1 Å². The standard InChI is InChI=1S/C15H15N3O4S/c1-20-10-4-12-11(21-6-22-12)2-7(10)8-3-13(19)17-5-9-14(8)23-15(16)18-9/h2,4,8H,3,5-6H2,1H3,(H2,16,18)(H,17,19)/t8-/m1/s1. The van der Waals surface area contributed by atoms with Crippen LogP contribution in [0.4, 0.5) is 5.13 Å². The van der Waals surface area contributed by atoms with Crippen LogP contribution >= 0.6 is 11.3 Å². The first-order valence-corrected chi connectivity index (χ1v) is 7.96. The molecule has 3 heterocycles. The van der Waals surface area contributed by atoms with Crippen LogP contribution in [0, 0.1) is 0 Å². The normalized spacial score (nSPS) is 19.0. The number of carbonyl (C=O) groups excluding carboxylic acids is 1. The molecule has 0 aliphatic carbocycles. The Balaban J connectivity index is 1.86. The maximum atomic E-state index is 12.1. The van der Waals surface area contributed by atoms with E-state index in [9.17, 15) is 4.79 Å². The molecule has 1 aromatic carbocycles. The van der Waals surface area contributed by atoms with Crippen molar-refractivity contribution in [3.63, 3.8) is 0 Å². The van der Waals surface area contributed by atoms with Crippen molar-refractivity contribution >= 4 is 22.4 Å². The van der Waals surface area contributed by atoms with Crippen LogP contribution in [0.3, 0.4) is 0 Å². The molecule has 2 aliphatic rings. The lowest BCUT2D eigenvalue weighted by Gasteiger charge is -2.17. The van der Waals surface area contributed by atoms with Crippen LogP contribution in [0.1, 0.15) is 28.5 Å². The van der Waals surface area contributed by atoms with Crippen molar-refractivity contribution in [3.8, 4) is 17.2 Å². The van der Waals surface area contributed by atoms with Crippen molar-refractivity contribution in [3.05, 3.63) is 28.3 Å². The predicted molar refractivity (Wildman–Crippen MR) is 84.0 cm³/mol. The minimum Gasteiger partial charge on any atom is -0.496 e. The van der Waals surface area contributed by atoms with Crippen LogP contribution in [0.2, 0.25) is 0 Å². The summed E-state index contributed by atoms with van der Waals surface area (Å²) >= 11 is 1.41. The number of carbonyl (C=O) groups is 1. The lowest BCUT2D eigenvalue weighted by Crippen LogP contribution is -2.21. The summed E-state index contributed by atoms with van der Waals surface area (Å²) in [6, 6.07) is 3.68. The van der Waals surface area contributed by atoms with Gasteiger partial charge >= 0.3 is 0 Å². The molecule has 120 valence electrons. The summed E-state index contributed by atoms with van der Waals surface area (Å²) in [6.07, 6.45) is 0.310. The van der Waals surface area contributed by atoms with Gasteiger partial charge in [-0.1, -0.05) is 0 Å². The second-order valence-electron chi connectivity index (χ2n) is 5.34. The van der Waals surface area contributed by atoms with Gasteiger partial charge in [-0.15, -0.1) is 11.3 Å². The molecule has 2 aromatic rings. The highest BCUT2D eigenvalue weighted by Gasteiger charge is 2.31. The molecule has 7 nitrogen and oxygen atoms in total. The first-order chi connectivity index (χ1) is 11.2. The van der Waals surface area contributed by atoms with Gasteiger partial charge in [0.05, 0.1) is 19.3 Å².